The topological polar surface area (TPSA) is 87.2 Å². The number of ether oxygens (including phenoxy) is 1. The van der Waals surface area contributed by atoms with Gasteiger partial charge < -0.3 is 14.5 Å². The second-order valence-corrected chi connectivity index (χ2v) is 6.53. The van der Waals surface area contributed by atoms with Gasteiger partial charge in [-0.15, -0.1) is 0 Å². The van der Waals surface area contributed by atoms with Crippen molar-refractivity contribution in [2.45, 2.75) is 26.9 Å². The molecule has 0 aliphatic carbocycles. The van der Waals surface area contributed by atoms with E-state index in [1.807, 2.05) is 18.7 Å². The average Bonchev–Trinajstić information content (AvgIpc) is 3.07. The van der Waals surface area contributed by atoms with Gasteiger partial charge in [0.25, 0.3) is 5.91 Å². The van der Waals surface area contributed by atoms with E-state index in [4.69, 9.17) is 4.74 Å². The minimum atomic E-state index is -0.0188. The Labute approximate surface area is 146 Å². The lowest BCUT2D eigenvalue weighted by Crippen LogP contribution is -2.49. The molecule has 0 bridgehead atoms. The molecule has 0 atom stereocenters. The van der Waals surface area contributed by atoms with Crippen molar-refractivity contribution in [3.63, 3.8) is 0 Å². The van der Waals surface area contributed by atoms with Crippen LogP contribution >= 0.6 is 0 Å². The zero-order chi connectivity index (χ0) is 17.4. The fourth-order valence-electron chi connectivity index (χ4n) is 3.38. The van der Waals surface area contributed by atoms with Crippen molar-refractivity contribution >= 4 is 11.7 Å². The van der Waals surface area contributed by atoms with Crippen molar-refractivity contribution in [1.82, 2.24) is 25.1 Å². The molecular formula is C17H22N6O2. The van der Waals surface area contributed by atoms with Gasteiger partial charge in [-0.1, -0.05) is 0 Å². The summed E-state index contributed by atoms with van der Waals surface area (Å²) in [7, 11) is 0. The zero-order valence-corrected chi connectivity index (χ0v) is 14.6. The van der Waals surface area contributed by atoms with Crippen LogP contribution in [0.25, 0.3) is 0 Å². The van der Waals surface area contributed by atoms with Gasteiger partial charge in [-0.3, -0.25) is 14.9 Å². The van der Waals surface area contributed by atoms with E-state index >= 15 is 0 Å². The van der Waals surface area contributed by atoms with Crippen LogP contribution < -0.4 is 4.90 Å². The summed E-state index contributed by atoms with van der Waals surface area (Å²) >= 11 is 0. The van der Waals surface area contributed by atoms with Gasteiger partial charge in [0.2, 0.25) is 0 Å². The fraction of sp³-hybridized carbons (Fsp3) is 0.529. The molecule has 0 spiro atoms. The summed E-state index contributed by atoms with van der Waals surface area (Å²) in [6.07, 6.45) is 2.57. The minimum Gasteiger partial charge on any atom is -0.376 e. The molecule has 25 heavy (non-hydrogen) atoms. The Morgan fingerprint density at radius 2 is 2.04 bits per heavy atom. The summed E-state index contributed by atoms with van der Waals surface area (Å²) in [6.45, 7) is 7.84. The van der Waals surface area contributed by atoms with Crippen LogP contribution in [0, 0.1) is 13.8 Å². The highest BCUT2D eigenvalue weighted by Crippen LogP contribution is 2.21. The maximum absolute atomic E-state index is 12.8. The van der Waals surface area contributed by atoms with E-state index < -0.39 is 0 Å². The van der Waals surface area contributed by atoms with Crippen molar-refractivity contribution in [3.05, 3.63) is 34.5 Å². The number of rotatable bonds is 2. The standard InChI is InChI=1S/C17H22N6O2/c1-11-9-18-12(2)16(19-11)22-4-6-23(7-5-22)17(24)15-13-10-25-8-3-14(13)20-21-15/h9H,3-8,10H2,1-2H3,(H,20,21). The molecule has 1 amide bonds. The molecule has 4 rings (SSSR count). The van der Waals surface area contributed by atoms with Crippen molar-refractivity contribution in [2.24, 2.45) is 0 Å². The summed E-state index contributed by atoms with van der Waals surface area (Å²) in [6, 6.07) is 0. The third-order valence-corrected chi connectivity index (χ3v) is 4.82. The van der Waals surface area contributed by atoms with E-state index in [9.17, 15) is 4.79 Å². The van der Waals surface area contributed by atoms with Crippen LogP contribution in [0.1, 0.15) is 33.1 Å². The van der Waals surface area contributed by atoms with Crippen molar-refractivity contribution in [2.75, 3.05) is 37.7 Å². The SMILES string of the molecule is Cc1cnc(C)c(N2CCN(C(=O)c3n[nH]c4c3COCC4)CC2)n1. The summed E-state index contributed by atoms with van der Waals surface area (Å²) < 4.78 is 5.48. The van der Waals surface area contributed by atoms with Gasteiger partial charge >= 0.3 is 0 Å². The lowest BCUT2D eigenvalue weighted by Gasteiger charge is -2.35. The molecule has 1 saturated heterocycles. The van der Waals surface area contributed by atoms with Gasteiger partial charge in [-0.2, -0.15) is 5.10 Å². The molecule has 2 aromatic heterocycles. The van der Waals surface area contributed by atoms with Crippen molar-refractivity contribution < 1.29 is 9.53 Å². The van der Waals surface area contributed by atoms with Gasteiger partial charge in [-0.05, 0) is 13.8 Å². The average molecular weight is 342 g/mol. The second kappa shape index (κ2) is 6.44. The number of carbonyl (C=O) groups is 1. The molecule has 2 aliphatic heterocycles. The van der Waals surface area contributed by atoms with Crippen LogP contribution in [0.3, 0.4) is 0 Å². The Morgan fingerprint density at radius 1 is 1.24 bits per heavy atom. The third-order valence-electron chi connectivity index (χ3n) is 4.82. The Balaban J connectivity index is 1.46. The van der Waals surface area contributed by atoms with E-state index in [-0.39, 0.29) is 5.91 Å². The van der Waals surface area contributed by atoms with Crippen LogP contribution in [0.2, 0.25) is 0 Å². The van der Waals surface area contributed by atoms with E-state index in [1.54, 1.807) is 6.20 Å². The van der Waals surface area contributed by atoms with Crippen LogP contribution in [0.5, 0.6) is 0 Å². The van der Waals surface area contributed by atoms with Gasteiger partial charge in [0, 0.05) is 50.1 Å². The van der Waals surface area contributed by atoms with Crippen molar-refractivity contribution in [1.29, 1.82) is 0 Å². The first-order chi connectivity index (χ1) is 12.1. The molecule has 0 aromatic carbocycles. The number of aryl methyl sites for hydroxylation is 2. The number of amides is 1. The number of aromatic nitrogens is 4. The molecule has 132 valence electrons. The summed E-state index contributed by atoms with van der Waals surface area (Å²) in [4.78, 5) is 25.9. The van der Waals surface area contributed by atoms with E-state index in [0.717, 1.165) is 48.0 Å². The molecule has 4 heterocycles. The van der Waals surface area contributed by atoms with E-state index in [2.05, 4.69) is 25.1 Å². The third kappa shape index (κ3) is 2.97. The fourth-order valence-corrected chi connectivity index (χ4v) is 3.38. The van der Waals surface area contributed by atoms with Crippen molar-refractivity contribution in [3.8, 4) is 0 Å². The number of aromatic amines is 1. The number of nitrogens with one attached hydrogen (secondary N) is 1. The quantitative estimate of drug-likeness (QED) is 0.871. The largest absolute Gasteiger partial charge is 0.376 e. The molecule has 8 heteroatoms. The van der Waals surface area contributed by atoms with Crippen LogP contribution in [0.15, 0.2) is 6.20 Å². The minimum absolute atomic E-state index is 0.0188. The van der Waals surface area contributed by atoms with Gasteiger partial charge in [0.15, 0.2) is 5.69 Å². The Bertz CT molecular complexity index is 794. The van der Waals surface area contributed by atoms with Gasteiger partial charge in [0.1, 0.15) is 5.82 Å². The van der Waals surface area contributed by atoms with Crippen LogP contribution in [-0.4, -0.2) is 63.8 Å². The lowest BCUT2D eigenvalue weighted by molar-refractivity contribution is 0.0727. The molecule has 2 aromatic rings. The maximum Gasteiger partial charge on any atom is 0.274 e. The maximum atomic E-state index is 12.8. The smallest absolute Gasteiger partial charge is 0.274 e. The highest BCUT2D eigenvalue weighted by atomic mass is 16.5. The Morgan fingerprint density at radius 3 is 2.84 bits per heavy atom. The molecule has 0 unspecified atom stereocenters. The number of piperazine rings is 1. The zero-order valence-electron chi connectivity index (χ0n) is 14.6. The molecule has 0 saturated carbocycles. The number of nitrogens with zero attached hydrogens (tertiary/aromatic N) is 5. The van der Waals surface area contributed by atoms with Gasteiger partial charge in [-0.25, -0.2) is 4.98 Å². The van der Waals surface area contributed by atoms with Crippen LogP contribution in [-0.2, 0) is 17.8 Å². The number of H-pyrrole nitrogens is 1. The van der Waals surface area contributed by atoms with Crippen LogP contribution in [0.4, 0.5) is 5.82 Å². The molecule has 8 nitrogen and oxygen atoms in total. The molecule has 1 fully saturated rings. The second-order valence-electron chi connectivity index (χ2n) is 6.53. The van der Waals surface area contributed by atoms with E-state index in [1.165, 1.54) is 0 Å². The first-order valence-electron chi connectivity index (χ1n) is 8.62. The first kappa shape index (κ1) is 16.0. The van der Waals surface area contributed by atoms with E-state index in [0.29, 0.717) is 32.0 Å². The molecular weight excluding hydrogens is 320 g/mol. The first-order valence-corrected chi connectivity index (χ1v) is 8.62. The Kier molecular flexibility index (Phi) is 4.12. The predicted molar refractivity (Wildman–Crippen MR) is 91.6 cm³/mol. The highest BCUT2D eigenvalue weighted by molar-refractivity contribution is 5.94. The number of carbonyl (C=O) groups excluding carboxylic acids is 1. The number of fused-ring (bicyclic) bond motifs is 1. The normalized spacial score (nSPS) is 17.5. The summed E-state index contributed by atoms with van der Waals surface area (Å²) in [5.41, 5.74) is 4.28. The molecule has 2 aliphatic rings. The molecule has 1 N–H and O–H groups in total. The number of hydrogen-bond donors (Lipinski definition) is 1. The summed E-state index contributed by atoms with van der Waals surface area (Å²) in [5.74, 6) is 0.896. The van der Waals surface area contributed by atoms with Gasteiger partial charge in [0.05, 0.1) is 24.6 Å². The highest BCUT2D eigenvalue weighted by Gasteiger charge is 2.29. The monoisotopic (exact) mass is 342 g/mol. The number of hydrogen-bond acceptors (Lipinski definition) is 6. The summed E-state index contributed by atoms with van der Waals surface area (Å²) in [5, 5.41) is 7.23. The predicted octanol–water partition coefficient (Wildman–Crippen LogP) is 0.852. The lowest BCUT2D eigenvalue weighted by atomic mass is 10.1. The molecule has 0 radical (unpaired) electrons. The Hall–Kier alpha value is -2.48. The number of anilines is 1.